The lowest BCUT2D eigenvalue weighted by molar-refractivity contribution is 0.0939. The molecule has 13 heavy (non-hydrogen) atoms. The molecule has 1 amide bonds. The van der Waals surface area contributed by atoms with E-state index in [1.807, 2.05) is 6.92 Å². The van der Waals surface area contributed by atoms with Gasteiger partial charge in [0.15, 0.2) is 0 Å². The van der Waals surface area contributed by atoms with E-state index >= 15 is 0 Å². The van der Waals surface area contributed by atoms with E-state index in [0.29, 0.717) is 5.69 Å². The Balaban J connectivity index is 2.55. The number of aryl methyl sites for hydroxylation is 1. The van der Waals surface area contributed by atoms with Crippen molar-refractivity contribution in [2.24, 2.45) is 0 Å². The topological polar surface area (TPSA) is 67.2 Å². The van der Waals surface area contributed by atoms with Crippen molar-refractivity contribution in [3.8, 4) is 0 Å². The van der Waals surface area contributed by atoms with Crippen LogP contribution >= 0.6 is 0 Å². The van der Waals surface area contributed by atoms with Gasteiger partial charge in [0.25, 0.3) is 5.91 Å². The summed E-state index contributed by atoms with van der Waals surface area (Å²) in [7, 11) is 0. The van der Waals surface area contributed by atoms with Gasteiger partial charge in [-0.3, -0.25) is 9.48 Å². The lowest BCUT2D eigenvalue weighted by Gasteiger charge is -1.98. The zero-order valence-corrected chi connectivity index (χ0v) is 7.53. The quantitative estimate of drug-likeness (QED) is 0.669. The van der Waals surface area contributed by atoms with E-state index in [4.69, 9.17) is 5.11 Å². The Morgan fingerprint density at radius 2 is 2.54 bits per heavy atom. The van der Waals surface area contributed by atoms with Gasteiger partial charge in [-0.1, -0.05) is 0 Å². The number of aliphatic hydroxyl groups excluding tert-OH is 1. The normalized spacial score (nSPS) is 10.0. The molecular formula is C8H13N3O2. The maximum absolute atomic E-state index is 11.2. The Bertz CT molecular complexity index is 283. The van der Waals surface area contributed by atoms with E-state index in [-0.39, 0.29) is 19.1 Å². The third-order valence-corrected chi connectivity index (χ3v) is 1.59. The molecule has 1 heterocycles. The minimum absolute atomic E-state index is 0.0553. The number of rotatable bonds is 4. The van der Waals surface area contributed by atoms with Crippen LogP contribution < -0.4 is 5.32 Å². The summed E-state index contributed by atoms with van der Waals surface area (Å²) >= 11 is 0. The summed E-state index contributed by atoms with van der Waals surface area (Å²) < 4.78 is 1.67. The zero-order chi connectivity index (χ0) is 9.68. The number of aromatic nitrogens is 2. The fourth-order valence-corrected chi connectivity index (χ4v) is 0.919. The number of nitrogens with one attached hydrogen (secondary N) is 1. The van der Waals surface area contributed by atoms with Gasteiger partial charge in [-0.2, -0.15) is 5.10 Å². The van der Waals surface area contributed by atoms with E-state index < -0.39 is 0 Å². The SMILES string of the molecule is CCn1ccc(C(=O)NCCO)n1. The molecule has 72 valence electrons. The van der Waals surface area contributed by atoms with Crippen LogP contribution in [0.25, 0.3) is 0 Å². The highest BCUT2D eigenvalue weighted by atomic mass is 16.3. The number of amides is 1. The van der Waals surface area contributed by atoms with Crippen LogP contribution in [-0.4, -0.2) is 33.9 Å². The molecule has 0 aliphatic carbocycles. The Labute approximate surface area is 76.4 Å². The fourth-order valence-electron chi connectivity index (χ4n) is 0.919. The Morgan fingerprint density at radius 3 is 3.08 bits per heavy atom. The van der Waals surface area contributed by atoms with Gasteiger partial charge in [0, 0.05) is 19.3 Å². The van der Waals surface area contributed by atoms with Gasteiger partial charge in [-0.25, -0.2) is 0 Å². The third kappa shape index (κ3) is 2.55. The molecule has 0 aromatic carbocycles. The first kappa shape index (κ1) is 9.73. The second-order valence-electron chi connectivity index (χ2n) is 2.54. The first-order valence-electron chi connectivity index (χ1n) is 4.20. The molecule has 1 aromatic rings. The average Bonchev–Trinajstić information content (AvgIpc) is 2.62. The molecule has 2 N–H and O–H groups in total. The van der Waals surface area contributed by atoms with Gasteiger partial charge in [0.1, 0.15) is 5.69 Å². The number of hydrogen-bond donors (Lipinski definition) is 2. The average molecular weight is 183 g/mol. The second-order valence-corrected chi connectivity index (χ2v) is 2.54. The van der Waals surface area contributed by atoms with Crippen molar-refractivity contribution in [2.45, 2.75) is 13.5 Å². The highest BCUT2D eigenvalue weighted by Crippen LogP contribution is 1.94. The minimum Gasteiger partial charge on any atom is -0.395 e. The maximum Gasteiger partial charge on any atom is 0.271 e. The van der Waals surface area contributed by atoms with Crippen LogP contribution in [0.1, 0.15) is 17.4 Å². The highest BCUT2D eigenvalue weighted by Gasteiger charge is 2.07. The van der Waals surface area contributed by atoms with Gasteiger partial charge in [-0.15, -0.1) is 0 Å². The molecule has 1 aromatic heterocycles. The molecule has 0 fully saturated rings. The number of hydrogen-bond acceptors (Lipinski definition) is 3. The smallest absolute Gasteiger partial charge is 0.271 e. The van der Waals surface area contributed by atoms with Gasteiger partial charge in [0.2, 0.25) is 0 Å². The summed E-state index contributed by atoms with van der Waals surface area (Å²) in [5, 5.41) is 15.0. The number of carbonyl (C=O) groups excluding carboxylic acids is 1. The van der Waals surface area contributed by atoms with Crippen molar-refractivity contribution in [1.82, 2.24) is 15.1 Å². The predicted molar refractivity (Wildman–Crippen MR) is 47.3 cm³/mol. The van der Waals surface area contributed by atoms with Crippen LogP contribution in [0.5, 0.6) is 0 Å². The van der Waals surface area contributed by atoms with E-state index in [0.717, 1.165) is 6.54 Å². The van der Waals surface area contributed by atoms with Crippen molar-refractivity contribution in [3.63, 3.8) is 0 Å². The Morgan fingerprint density at radius 1 is 1.77 bits per heavy atom. The maximum atomic E-state index is 11.2. The summed E-state index contributed by atoms with van der Waals surface area (Å²) in [5.74, 6) is -0.249. The second kappa shape index (κ2) is 4.61. The Kier molecular flexibility index (Phi) is 3.45. The molecule has 0 radical (unpaired) electrons. The van der Waals surface area contributed by atoms with E-state index in [9.17, 15) is 4.79 Å². The van der Waals surface area contributed by atoms with Crippen molar-refractivity contribution in [1.29, 1.82) is 0 Å². The third-order valence-electron chi connectivity index (χ3n) is 1.59. The fraction of sp³-hybridized carbons (Fsp3) is 0.500. The molecule has 0 atom stereocenters. The van der Waals surface area contributed by atoms with Gasteiger partial charge in [0.05, 0.1) is 6.61 Å². The van der Waals surface area contributed by atoms with Crippen molar-refractivity contribution < 1.29 is 9.90 Å². The van der Waals surface area contributed by atoms with Crippen LogP contribution in [0.15, 0.2) is 12.3 Å². The predicted octanol–water partition coefficient (Wildman–Crippen LogP) is -0.375. The molecule has 0 saturated heterocycles. The molecule has 0 aliphatic rings. The molecule has 1 rings (SSSR count). The lowest BCUT2D eigenvalue weighted by Crippen LogP contribution is -2.26. The molecule has 0 saturated carbocycles. The molecule has 0 aliphatic heterocycles. The molecule has 5 heteroatoms. The standard InChI is InChI=1S/C8H13N3O2/c1-2-11-5-3-7(10-11)8(13)9-4-6-12/h3,5,12H,2,4,6H2,1H3,(H,9,13). The lowest BCUT2D eigenvalue weighted by atomic mass is 10.4. The molecule has 0 bridgehead atoms. The molecular weight excluding hydrogens is 170 g/mol. The van der Waals surface area contributed by atoms with Crippen LogP contribution in [0.2, 0.25) is 0 Å². The molecule has 0 spiro atoms. The largest absolute Gasteiger partial charge is 0.395 e. The Hall–Kier alpha value is -1.36. The summed E-state index contributed by atoms with van der Waals surface area (Å²) in [5.41, 5.74) is 0.385. The number of carbonyl (C=O) groups is 1. The first-order chi connectivity index (χ1) is 6.27. The molecule has 5 nitrogen and oxygen atoms in total. The van der Waals surface area contributed by atoms with E-state index in [1.54, 1.807) is 16.9 Å². The van der Waals surface area contributed by atoms with Crippen molar-refractivity contribution in [3.05, 3.63) is 18.0 Å². The summed E-state index contributed by atoms with van der Waals surface area (Å²) in [6.45, 7) is 2.90. The zero-order valence-electron chi connectivity index (χ0n) is 7.53. The van der Waals surface area contributed by atoms with Crippen LogP contribution in [0.3, 0.4) is 0 Å². The summed E-state index contributed by atoms with van der Waals surface area (Å²) in [6.07, 6.45) is 1.74. The number of aliphatic hydroxyl groups is 1. The summed E-state index contributed by atoms with van der Waals surface area (Å²) in [6, 6.07) is 1.65. The van der Waals surface area contributed by atoms with Gasteiger partial charge in [-0.05, 0) is 13.0 Å². The van der Waals surface area contributed by atoms with Crippen LogP contribution in [0.4, 0.5) is 0 Å². The van der Waals surface area contributed by atoms with Crippen molar-refractivity contribution >= 4 is 5.91 Å². The number of nitrogens with zero attached hydrogens (tertiary/aromatic N) is 2. The van der Waals surface area contributed by atoms with Crippen LogP contribution in [0, 0.1) is 0 Å². The summed E-state index contributed by atoms with van der Waals surface area (Å²) in [4.78, 5) is 11.2. The van der Waals surface area contributed by atoms with Gasteiger partial charge < -0.3 is 10.4 Å². The van der Waals surface area contributed by atoms with Crippen molar-refractivity contribution in [2.75, 3.05) is 13.2 Å². The van der Waals surface area contributed by atoms with Gasteiger partial charge >= 0.3 is 0 Å². The monoisotopic (exact) mass is 183 g/mol. The molecule has 0 unspecified atom stereocenters. The minimum atomic E-state index is -0.249. The highest BCUT2D eigenvalue weighted by molar-refractivity contribution is 5.92. The van der Waals surface area contributed by atoms with E-state index in [2.05, 4.69) is 10.4 Å². The first-order valence-corrected chi connectivity index (χ1v) is 4.20. The van der Waals surface area contributed by atoms with E-state index in [1.165, 1.54) is 0 Å². The van der Waals surface area contributed by atoms with Crippen LogP contribution in [-0.2, 0) is 6.54 Å².